The molecule has 0 saturated heterocycles. The van der Waals surface area contributed by atoms with Crippen molar-refractivity contribution < 1.29 is 9.32 Å². The molecule has 0 saturated carbocycles. The molecule has 0 bridgehead atoms. The van der Waals surface area contributed by atoms with Crippen LogP contribution in [0.2, 0.25) is 0 Å². The second kappa shape index (κ2) is 5.14. The molecule has 1 N–H and O–H groups in total. The molecule has 2 rings (SSSR count). The van der Waals surface area contributed by atoms with Gasteiger partial charge in [0.25, 0.3) is 5.91 Å². The Hall–Kier alpha value is -1.62. The number of hydrogen-bond donors (Lipinski definition) is 1. The van der Waals surface area contributed by atoms with E-state index in [1.165, 1.54) is 0 Å². The minimum absolute atomic E-state index is 0.127. The van der Waals surface area contributed by atoms with Crippen molar-refractivity contribution in [2.75, 3.05) is 0 Å². The van der Waals surface area contributed by atoms with Crippen LogP contribution in [0.1, 0.15) is 21.8 Å². The molecule has 88 valence electrons. The molecule has 0 aliphatic rings. The molecule has 0 aliphatic carbocycles. The first-order valence-corrected chi connectivity index (χ1v) is 5.90. The van der Waals surface area contributed by atoms with Crippen molar-refractivity contribution in [3.63, 3.8) is 0 Å². The lowest BCUT2D eigenvalue weighted by Gasteiger charge is -2.02. The zero-order valence-corrected chi connectivity index (χ0v) is 10.8. The Morgan fingerprint density at radius 2 is 2.12 bits per heavy atom. The fourth-order valence-corrected chi connectivity index (χ4v) is 1.64. The highest BCUT2D eigenvalue weighted by Crippen LogP contribution is 2.10. The van der Waals surface area contributed by atoms with Gasteiger partial charge in [-0.2, -0.15) is 0 Å². The van der Waals surface area contributed by atoms with Crippen LogP contribution in [0, 0.1) is 6.92 Å². The monoisotopic (exact) mass is 294 g/mol. The second-order valence-electron chi connectivity index (χ2n) is 3.62. The van der Waals surface area contributed by atoms with E-state index in [0.717, 1.165) is 10.2 Å². The van der Waals surface area contributed by atoms with Crippen LogP contribution in [0.25, 0.3) is 0 Å². The molecular formula is C12H11BrN2O2. The number of aromatic nitrogens is 1. The number of benzene rings is 1. The van der Waals surface area contributed by atoms with E-state index in [2.05, 4.69) is 26.4 Å². The predicted molar refractivity (Wildman–Crippen MR) is 66.6 cm³/mol. The van der Waals surface area contributed by atoms with Crippen LogP contribution in [0.5, 0.6) is 0 Å². The summed E-state index contributed by atoms with van der Waals surface area (Å²) < 4.78 is 5.86. The van der Waals surface area contributed by atoms with Crippen molar-refractivity contribution in [2.24, 2.45) is 0 Å². The van der Waals surface area contributed by atoms with E-state index < -0.39 is 0 Å². The number of hydrogen-bond acceptors (Lipinski definition) is 3. The fraction of sp³-hybridized carbons (Fsp3) is 0.167. The van der Waals surface area contributed by atoms with Gasteiger partial charge < -0.3 is 9.84 Å². The molecule has 0 spiro atoms. The average molecular weight is 295 g/mol. The standard InChI is InChI=1S/C12H11BrN2O2/c1-8-6-11(15-17-8)7-14-12(16)9-2-4-10(13)5-3-9/h2-6H,7H2,1H3,(H,14,16). The van der Waals surface area contributed by atoms with Gasteiger partial charge in [-0.25, -0.2) is 0 Å². The van der Waals surface area contributed by atoms with Crippen LogP contribution in [0.4, 0.5) is 0 Å². The zero-order valence-electron chi connectivity index (χ0n) is 9.24. The van der Waals surface area contributed by atoms with Gasteiger partial charge in [0.1, 0.15) is 11.5 Å². The van der Waals surface area contributed by atoms with Crippen molar-refractivity contribution in [3.8, 4) is 0 Å². The largest absolute Gasteiger partial charge is 0.361 e. The normalized spacial score (nSPS) is 10.2. The Balaban J connectivity index is 1.95. The molecule has 1 aromatic heterocycles. The number of amides is 1. The molecule has 1 amide bonds. The highest BCUT2D eigenvalue weighted by atomic mass is 79.9. The lowest BCUT2D eigenvalue weighted by Crippen LogP contribution is -2.22. The van der Waals surface area contributed by atoms with Crippen LogP contribution < -0.4 is 5.32 Å². The maximum Gasteiger partial charge on any atom is 0.251 e. The first-order chi connectivity index (χ1) is 8.15. The summed E-state index contributed by atoms with van der Waals surface area (Å²) in [7, 11) is 0. The van der Waals surface area contributed by atoms with Gasteiger partial charge in [0, 0.05) is 16.1 Å². The minimum Gasteiger partial charge on any atom is -0.361 e. The van der Waals surface area contributed by atoms with Gasteiger partial charge in [0.2, 0.25) is 0 Å². The number of nitrogens with zero attached hydrogens (tertiary/aromatic N) is 1. The molecule has 5 heteroatoms. The predicted octanol–water partition coefficient (Wildman–Crippen LogP) is 2.68. The van der Waals surface area contributed by atoms with Gasteiger partial charge in [-0.15, -0.1) is 0 Å². The highest BCUT2D eigenvalue weighted by molar-refractivity contribution is 9.10. The summed E-state index contributed by atoms with van der Waals surface area (Å²) in [5, 5.41) is 6.57. The van der Waals surface area contributed by atoms with Crippen LogP contribution in [0.15, 0.2) is 39.3 Å². The molecule has 1 aromatic carbocycles. The van der Waals surface area contributed by atoms with E-state index in [1.807, 2.05) is 19.1 Å². The maximum atomic E-state index is 11.8. The zero-order chi connectivity index (χ0) is 12.3. The molecular weight excluding hydrogens is 284 g/mol. The first kappa shape index (κ1) is 11.9. The van der Waals surface area contributed by atoms with Gasteiger partial charge in [0.15, 0.2) is 0 Å². The van der Waals surface area contributed by atoms with Gasteiger partial charge in [-0.3, -0.25) is 4.79 Å². The third kappa shape index (κ3) is 3.17. The summed E-state index contributed by atoms with van der Waals surface area (Å²) >= 11 is 3.32. The van der Waals surface area contributed by atoms with Gasteiger partial charge in [-0.05, 0) is 31.2 Å². The van der Waals surface area contributed by atoms with Crippen LogP contribution in [0.3, 0.4) is 0 Å². The Labute approximate surface area is 107 Å². The number of nitrogens with one attached hydrogen (secondary N) is 1. The van der Waals surface area contributed by atoms with Gasteiger partial charge in [-0.1, -0.05) is 21.1 Å². The number of rotatable bonds is 3. The number of aryl methyl sites for hydroxylation is 1. The molecule has 17 heavy (non-hydrogen) atoms. The van der Waals surface area contributed by atoms with Crippen LogP contribution >= 0.6 is 15.9 Å². The highest BCUT2D eigenvalue weighted by Gasteiger charge is 2.06. The van der Waals surface area contributed by atoms with Crippen molar-refractivity contribution in [1.82, 2.24) is 10.5 Å². The van der Waals surface area contributed by atoms with Crippen molar-refractivity contribution in [3.05, 3.63) is 51.8 Å². The van der Waals surface area contributed by atoms with Crippen molar-refractivity contribution in [1.29, 1.82) is 0 Å². The van der Waals surface area contributed by atoms with E-state index in [0.29, 0.717) is 17.8 Å². The number of halogens is 1. The minimum atomic E-state index is -0.127. The SMILES string of the molecule is Cc1cc(CNC(=O)c2ccc(Br)cc2)no1. The summed E-state index contributed by atoms with van der Waals surface area (Å²) in [4.78, 5) is 11.8. The molecule has 0 radical (unpaired) electrons. The fourth-order valence-electron chi connectivity index (χ4n) is 1.38. The second-order valence-corrected chi connectivity index (χ2v) is 4.53. The van der Waals surface area contributed by atoms with E-state index in [1.54, 1.807) is 18.2 Å². The van der Waals surface area contributed by atoms with E-state index in [9.17, 15) is 4.79 Å². The van der Waals surface area contributed by atoms with Crippen LogP contribution in [-0.2, 0) is 6.54 Å². The topological polar surface area (TPSA) is 55.1 Å². The lowest BCUT2D eigenvalue weighted by atomic mass is 10.2. The van der Waals surface area contributed by atoms with E-state index in [-0.39, 0.29) is 5.91 Å². The maximum absolute atomic E-state index is 11.8. The van der Waals surface area contributed by atoms with Crippen LogP contribution in [-0.4, -0.2) is 11.1 Å². The van der Waals surface area contributed by atoms with E-state index >= 15 is 0 Å². The smallest absolute Gasteiger partial charge is 0.251 e. The summed E-state index contributed by atoms with van der Waals surface area (Å²) in [5.41, 5.74) is 1.33. The molecule has 1 heterocycles. The molecule has 0 unspecified atom stereocenters. The Morgan fingerprint density at radius 3 is 2.71 bits per heavy atom. The number of carbonyl (C=O) groups excluding carboxylic acids is 1. The molecule has 2 aromatic rings. The number of carbonyl (C=O) groups is 1. The first-order valence-electron chi connectivity index (χ1n) is 5.11. The quantitative estimate of drug-likeness (QED) is 0.947. The van der Waals surface area contributed by atoms with Gasteiger partial charge in [0.05, 0.1) is 6.54 Å². The molecule has 0 atom stereocenters. The third-order valence-corrected chi connectivity index (χ3v) is 2.74. The van der Waals surface area contributed by atoms with Crippen molar-refractivity contribution >= 4 is 21.8 Å². The lowest BCUT2D eigenvalue weighted by molar-refractivity contribution is 0.0950. The summed E-state index contributed by atoms with van der Waals surface area (Å²) in [6.45, 7) is 2.18. The summed E-state index contributed by atoms with van der Waals surface area (Å²) in [6, 6.07) is 8.97. The average Bonchev–Trinajstić information content (AvgIpc) is 2.73. The Kier molecular flexibility index (Phi) is 3.58. The van der Waals surface area contributed by atoms with Gasteiger partial charge >= 0.3 is 0 Å². The molecule has 4 nitrogen and oxygen atoms in total. The summed E-state index contributed by atoms with van der Waals surface area (Å²) in [5.74, 6) is 0.607. The third-order valence-electron chi connectivity index (χ3n) is 2.21. The Bertz CT molecular complexity index is 520. The molecule has 0 fully saturated rings. The summed E-state index contributed by atoms with van der Waals surface area (Å²) in [6.07, 6.45) is 0. The van der Waals surface area contributed by atoms with E-state index in [4.69, 9.17) is 4.52 Å². The molecule has 0 aliphatic heterocycles. The Morgan fingerprint density at radius 1 is 1.41 bits per heavy atom. The van der Waals surface area contributed by atoms with Crippen molar-refractivity contribution in [2.45, 2.75) is 13.5 Å².